The van der Waals surface area contributed by atoms with Crippen LogP contribution in [0.25, 0.3) is 16.6 Å². The minimum absolute atomic E-state index is 0.116. The molecular formula is C23H25ClN4O4S. The first-order chi connectivity index (χ1) is 15.7. The molecule has 0 fully saturated rings. The van der Waals surface area contributed by atoms with Gasteiger partial charge in [0.2, 0.25) is 5.91 Å². The van der Waals surface area contributed by atoms with Crippen LogP contribution < -0.4 is 20.9 Å². The number of methoxy groups -OCH3 is 1. The highest BCUT2D eigenvalue weighted by molar-refractivity contribution is 7.99. The smallest absolute Gasteiger partial charge is 0.321 e. The van der Waals surface area contributed by atoms with Gasteiger partial charge in [0.05, 0.1) is 29.5 Å². The average molecular weight is 489 g/mol. The van der Waals surface area contributed by atoms with Crippen LogP contribution in [-0.2, 0) is 4.79 Å². The Morgan fingerprint density at radius 3 is 2.67 bits per heavy atom. The molecule has 3 rings (SSSR count). The van der Waals surface area contributed by atoms with E-state index in [9.17, 15) is 14.4 Å². The van der Waals surface area contributed by atoms with E-state index in [-0.39, 0.29) is 22.4 Å². The van der Waals surface area contributed by atoms with E-state index in [1.54, 1.807) is 36.4 Å². The van der Waals surface area contributed by atoms with Gasteiger partial charge < -0.3 is 10.1 Å². The maximum atomic E-state index is 13.4. The summed E-state index contributed by atoms with van der Waals surface area (Å²) in [4.78, 5) is 42.3. The number of hydrogen-bond acceptors (Lipinski definition) is 6. The summed E-state index contributed by atoms with van der Waals surface area (Å²) in [5.74, 6) is 0.0299. The largest absolute Gasteiger partial charge is 0.495 e. The molecule has 0 saturated carbocycles. The van der Waals surface area contributed by atoms with Crippen LogP contribution in [0.4, 0.5) is 4.79 Å². The molecule has 0 aliphatic rings. The lowest BCUT2D eigenvalue weighted by molar-refractivity contribution is -0.117. The zero-order chi connectivity index (χ0) is 24.1. The molecule has 0 radical (unpaired) electrons. The molecule has 33 heavy (non-hydrogen) atoms. The standard InChI is InChI=1S/C23H25ClN4O4S/c1-13(2)11-25-22(31)27-20(29)12-33-23-26-17-8-6-5-7-15(17)21(30)28(23)18-9-14(3)16(24)10-19(18)32-4/h5-10,13H,11-12H2,1-4H3,(H2,25,27,29,31). The van der Waals surface area contributed by atoms with Crippen molar-refractivity contribution in [2.45, 2.75) is 25.9 Å². The van der Waals surface area contributed by atoms with Gasteiger partial charge in [0, 0.05) is 17.6 Å². The van der Waals surface area contributed by atoms with Crippen molar-refractivity contribution >= 4 is 46.2 Å². The molecule has 1 heterocycles. The minimum atomic E-state index is -0.562. The number of carbonyl (C=O) groups is 2. The molecule has 0 bridgehead atoms. The normalized spacial score (nSPS) is 11.0. The molecule has 0 atom stereocenters. The number of carbonyl (C=O) groups excluding carboxylic acids is 2. The molecule has 0 saturated heterocycles. The number of hydrogen-bond donors (Lipinski definition) is 2. The molecule has 2 aromatic carbocycles. The summed E-state index contributed by atoms with van der Waals surface area (Å²) in [6.07, 6.45) is 0. The second-order valence-electron chi connectivity index (χ2n) is 7.77. The van der Waals surface area contributed by atoms with Crippen LogP contribution in [0.2, 0.25) is 5.02 Å². The lowest BCUT2D eigenvalue weighted by Crippen LogP contribution is -2.41. The molecule has 2 N–H and O–H groups in total. The Bertz CT molecular complexity index is 1260. The van der Waals surface area contributed by atoms with E-state index in [0.717, 1.165) is 17.3 Å². The molecule has 8 nitrogen and oxygen atoms in total. The number of benzene rings is 2. The lowest BCUT2D eigenvalue weighted by atomic mass is 10.2. The molecule has 0 aliphatic heterocycles. The summed E-state index contributed by atoms with van der Waals surface area (Å²) in [6.45, 7) is 6.18. The maximum absolute atomic E-state index is 13.4. The number of ether oxygens (including phenoxy) is 1. The van der Waals surface area contributed by atoms with Gasteiger partial charge in [0.25, 0.3) is 5.56 Å². The van der Waals surface area contributed by atoms with E-state index < -0.39 is 11.9 Å². The topological polar surface area (TPSA) is 102 Å². The van der Waals surface area contributed by atoms with E-state index in [1.165, 1.54) is 11.7 Å². The van der Waals surface area contributed by atoms with Crippen molar-refractivity contribution in [1.29, 1.82) is 0 Å². The summed E-state index contributed by atoms with van der Waals surface area (Å²) < 4.78 is 6.87. The highest BCUT2D eigenvalue weighted by atomic mass is 35.5. The van der Waals surface area contributed by atoms with Gasteiger partial charge in [0.1, 0.15) is 5.75 Å². The Morgan fingerprint density at radius 2 is 1.97 bits per heavy atom. The van der Waals surface area contributed by atoms with Crippen molar-refractivity contribution in [1.82, 2.24) is 20.2 Å². The molecule has 0 aliphatic carbocycles. The van der Waals surface area contributed by atoms with Crippen LogP contribution in [0, 0.1) is 12.8 Å². The minimum Gasteiger partial charge on any atom is -0.495 e. The highest BCUT2D eigenvalue weighted by Crippen LogP contribution is 2.31. The van der Waals surface area contributed by atoms with Gasteiger partial charge in [-0.1, -0.05) is 49.3 Å². The fourth-order valence-electron chi connectivity index (χ4n) is 3.04. The summed E-state index contributed by atoms with van der Waals surface area (Å²) >= 11 is 7.29. The van der Waals surface area contributed by atoms with Crippen molar-refractivity contribution in [2.24, 2.45) is 5.92 Å². The summed E-state index contributed by atoms with van der Waals surface area (Å²) in [6, 6.07) is 9.78. The zero-order valence-electron chi connectivity index (χ0n) is 18.8. The van der Waals surface area contributed by atoms with Crippen LogP contribution >= 0.6 is 23.4 Å². The molecule has 174 valence electrons. The molecule has 3 amide bonds. The first kappa shape index (κ1) is 24.6. The molecule has 10 heteroatoms. The monoisotopic (exact) mass is 488 g/mol. The van der Waals surface area contributed by atoms with Crippen molar-refractivity contribution in [3.05, 3.63) is 57.3 Å². The van der Waals surface area contributed by atoms with Gasteiger partial charge in [-0.25, -0.2) is 9.78 Å². The van der Waals surface area contributed by atoms with Gasteiger partial charge in [-0.3, -0.25) is 19.5 Å². The Balaban J connectivity index is 1.99. The molecule has 1 aromatic heterocycles. The van der Waals surface area contributed by atoms with Crippen LogP contribution in [0.1, 0.15) is 19.4 Å². The van der Waals surface area contributed by atoms with Crippen LogP contribution in [0.5, 0.6) is 5.75 Å². The number of imide groups is 1. The first-order valence-corrected chi connectivity index (χ1v) is 11.6. The highest BCUT2D eigenvalue weighted by Gasteiger charge is 2.19. The number of urea groups is 1. The molecule has 3 aromatic rings. The van der Waals surface area contributed by atoms with Crippen LogP contribution in [-0.4, -0.2) is 40.9 Å². The maximum Gasteiger partial charge on any atom is 0.321 e. The van der Waals surface area contributed by atoms with Gasteiger partial charge >= 0.3 is 6.03 Å². The summed E-state index contributed by atoms with van der Waals surface area (Å²) in [5.41, 5.74) is 1.41. The number of para-hydroxylation sites is 1. The zero-order valence-corrected chi connectivity index (χ0v) is 20.3. The average Bonchev–Trinajstić information content (AvgIpc) is 2.78. The second-order valence-corrected chi connectivity index (χ2v) is 9.12. The molecular weight excluding hydrogens is 464 g/mol. The van der Waals surface area contributed by atoms with E-state index >= 15 is 0 Å². The van der Waals surface area contributed by atoms with Crippen molar-refractivity contribution in [3.8, 4) is 11.4 Å². The fraction of sp³-hybridized carbons (Fsp3) is 0.304. The Hall–Kier alpha value is -3.04. The van der Waals surface area contributed by atoms with Crippen LogP contribution in [0.3, 0.4) is 0 Å². The number of rotatable bonds is 7. The SMILES string of the molecule is COc1cc(Cl)c(C)cc1-n1c(SCC(=O)NC(=O)NCC(C)C)nc2ccccc2c1=O. The number of thioether (sulfide) groups is 1. The number of nitrogens with zero attached hydrogens (tertiary/aromatic N) is 2. The number of aromatic nitrogens is 2. The van der Waals surface area contributed by atoms with Gasteiger partial charge in [-0.2, -0.15) is 0 Å². The third kappa shape index (κ3) is 5.85. The van der Waals surface area contributed by atoms with Crippen molar-refractivity contribution in [2.75, 3.05) is 19.4 Å². The van der Waals surface area contributed by atoms with Crippen LogP contribution in [0.15, 0.2) is 46.3 Å². The number of halogens is 1. The van der Waals surface area contributed by atoms with Gasteiger partial charge in [-0.15, -0.1) is 0 Å². The Labute approximate surface area is 200 Å². The third-order valence-corrected chi connectivity index (χ3v) is 6.05. The number of amides is 3. The molecule has 0 unspecified atom stereocenters. The lowest BCUT2D eigenvalue weighted by Gasteiger charge is -2.17. The van der Waals surface area contributed by atoms with Gasteiger partial charge in [0.15, 0.2) is 5.16 Å². The quantitative estimate of drug-likeness (QED) is 0.386. The van der Waals surface area contributed by atoms with Crippen molar-refractivity contribution in [3.63, 3.8) is 0 Å². The first-order valence-electron chi connectivity index (χ1n) is 10.3. The number of nitrogens with one attached hydrogen (secondary N) is 2. The third-order valence-electron chi connectivity index (χ3n) is 4.70. The Morgan fingerprint density at radius 1 is 1.24 bits per heavy atom. The Kier molecular flexibility index (Phi) is 7.99. The predicted molar refractivity (Wildman–Crippen MR) is 131 cm³/mol. The van der Waals surface area contributed by atoms with E-state index in [0.29, 0.717) is 33.9 Å². The second kappa shape index (κ2) is 10.7. The predicted octanol–water partition coefficient (Wildman–Crippen LogP) is 3.93. The number of fused-ring (bicyclic) bond motifs is 1. The van der Waals surface area contributed by atoms with E-state index in [4.69, 9.17) is 16.3 Å². The fourth-order valence-corrected chi connectivity index (χ4v) is 4.00. The van der Waals surface area contributed by atoms with E-state index in [1.807, 2.05) is 20.8 Å². The summed E-state index contributed by atoms with van der Waals surface area (Å²) in [5, 5.41) is 6.13. The summed E-state index contributed by atoms with van der Waals surface area (Å²) in [7, 11) is 1.49. The molecule has 0 spiro atoms. The van der Waals surface area contributed by atoms with Crippen molar-refractivity contribution < 1.29 is 14.3 Å². The number of aryl methyl sites for hydroxylation is 1. The van der Waals surface area contributed by atoms with E-state index in [2.05, 4.69) is 15.6 Å². The van der Waals surface area contributed by atoms with Gasteiger partial charge in [-0.05, 0) is 36.6 Å².